The zero-order valence-electron chi connectivity index (χ0n) is 21.4. The van der Waals surface area contributed by atoms with E-state index in [2.05, 4.69) is 14.9 Å². The highest BCUT2D eigenvalue weighted by Crippen LogP contribution is 2.39. The summed E-state index contributed by atoms with van der Waals surface area (Å²) in [5.74, 6) is 0.643. The van der Waals surface area contributed by atoms with Crippen molar-refractivity contribution in [3.05, 3.63) is 41.2 Å². The van der Waals surface area contributed by atoms with E-state index in [0.717, 1.165) is 51.6 Å². The Hall–Kier alpha value is -3.17. The van der Waals surface area contributed by atoms with Crippen LogP contribution < -0.4 is 15.2 Å². The molecule has 1 saturated heterocycles. The second-order valence-electron chi connectivity index (χ2n) is 9.99. The summed E-state index contributed by atoms with van der Waals surface area (Å²) in [6.45, 7) is 4.26. The van der Waals surface area contributed by atoms with Crippen LogP contribution in [0.2, 0.25) is 5.02 Å². The third-order valence-electron chi connectivity index (χ3n) is 6.89. The van der Waals surface area contributed by atoms with Gasteiger partial charge in [0.15, 0.2) is 11.5 Å². The van der Waals surface area contributed by atoms with Crippen LogP contribution in [0.5, 0.6) is 11.5 Å². The van der Waals surface area contributed by atoms with Gasteiger partial charge in [0.25, 0.3) is 0 Å². The molecule has 8 nitrogen and oxygen atoms in total. The molecule has 38 heavy (non-hydrogen) atoms. The van der Waals surface area contributed by atoms with Crippen molar-refractivity contribution in [2.75, 3.05) is 32.0 Å². The molecule has 2 fully saturated rings. The Morgan fingerprint density at radius 2 is 1.97 bits per heavy atom. The molecule has 3 aromatic rings. The maximum atomic E-state index is 13.8. The topological polar surface area (TPSA) is 99.8 Å². The molecule has 0 bridgehead atoms. The molecule has 0 spiro atoms. The van der Waals surface area contributed by atoms with Crippen LogP contribution in [0.3, 0.4) is 0 Å². The normalized spacial score (nSPS) is 18.6. The Kier molecular flexibility index (Phi) is 8.14. The van der Waals surface area contributed by atoms with Gasteiger partial charge >= 0.3 is 5.97 Å². The van der Waals surface area contributed by atoms with Crippen LogP contribution in [0.4, 0.5) is 10.3 Å². The number of fused-ring (bicyclic) bond motifs is 1. The summed E-state index contributed by atoms with van der Waals surface area (Å²) in [5.41, 5.74) is 7.82. The van der Waals surface area contributed by atoms with E-state index in [4.69, 9.17) is 31.5 Å². The number of anilines is 1. The van der Waals surface area contributed by atoms with E-state index in [0.29, 0.717) is 46.8 Å². The largest absolute Gasteiger partial charge is 0.490 e. The monoisotopic (exact) mass is 542 g/mol. The molecule has 0 unspecified atom stereocenters. The lowest BCUT2D eigenvalue weighted by Gasteiger charge is -2.30. The van der Waals surface area contributed by atoms with Gasteiger partial charge in [0, 0.05) is 23.6 Å². The van der Waals surface area contributed by atoms with Gasteiger partial charge in [0.1, 0.15) is 11.9 Å². The maximum Gasteiger partial charge on any atom is 0.320 e. The van der Waals surface area contributed by atoms with Gasteiger partial charge < -0.3 is 19.9 Å². The number of benzene rings is 2. The average molecular weight is 543 g/mol. The van der Waals surface area contributed by atoms with Gasteiger partial charge in [-0.1, -0.05) is 11.6 Å². The number of carbonyl (C=O) groups excluding carboxylic acids is 1. The Morgan fingerprint density at radius 1 is 1.16 bits per heavy atom. The molecule has 5 rings (SSSR count). The van der Waals surface area contributed by atoms with Gasteiger partial charge in [-0.05, 0) is 76.3 Å². The fourth-order valence-electron chi connectivity index (χ4n) is 5.11. The number of aromatic nitrogens is 2. The Bertz CT molecular complexity index is 1320. The highest BCUT2D eigenvalue weighted by Gasteiger charge is 2.23. The summed E-state index contributed by atoms with van der Waals surface area (Å²) in [4.78, 5) is 22.7. The lowest BCUT2D eigenvalue weighted by molar-refractivity contribution is -0.157. The Morgan fingerprint density at radius 3 is 2.74 bits per heavy atom. The summed E-state index contributed by atoms with van der Waals surface area (Å²) < 4.78 is 31.6. The second-order valence-corrected chi connectivity index (χ2v) is 10.4. The predicted molar refractivity (Wildman–Crippen MR) is 144 cm³/mol. The number of hydrogen-bond acceptors (Lipinski definition) is 8. The number of cyclic esters (lactones) is 1. The third kappa shape index (κ3) is 6.27. The molecule has 2 aromatic carbocycles. The first kappa shape index (κ1) is 26.4. The van der Waals surface area contributed by atoms with Crippen molar-refractivity contribution >= 4 is 34.4 Å². The number of ether oxygens (including phenoxy) is 3. The Labute approximate surface area is 226 Å². The molecule has 1 atom stereocenters. The lowest BCUT2D eigenvalue weighted by Crippen LogP contribution is -2.44. The van der Waals surface area contributed by atoms with E-state index in [1.807, 2.05) is 19.1 Å². The van der Waals surface area contributed by atoms with Gasteiger partial charge in [-0.25, -0.2) is 14.4 Å². The molecule has 10 heteroatoms. The SMILES string of the molecule is C[C@H]1CN(CCCCOc2cc3c(-c4ccc(F)c(Cl)c4)nc(N)nc3cc2OC2CCCC2)CC(=O)O1. The maximum absolute atomic E-state index is 13.8. The molecule has 2 N–H and O–H groups in total. The van der Waals surface area contributed by atoms with Gasteiger partial charge in [0.2, 0.25) is 5.95 Å². The smallest absolute Gasteiger partial charge is 0.320 e. The molecular formula is C28H32ClFN4O4. The number of nitrogens with two attached hydrogens (primary N) is 1. The highest BCUT2D eigenvalue weighted by molar-refractivity contribution is 6.31. The minimum Gasteiger partial charge on any atom is -0.490 e. The van der Waals surface area contributed by atoms with Crippen LogP contribution in [0.1, 0.15) is 45.4 Å². The van der Waals surface area contributed by atoms with Crippen molar-refractivity contribution in [2.24, 2.45) is 0 Å². The Balaban J connectivity index is 1.37. The predicted octanol–water partition coefficient (Wildman–Crippen LogP) is 5.40. The average Bonchev–Trinajstić information content (AvgIpc) is 3.38. The number of nitrogens with zero attached hydrogens (tertiary/aromatic N) is 3. The molecule has 1 aliphatic heterocycles. The van der Waals surface area contributed by atoms with Gasteiger partial charge in [-0.15, -0.1) is 0 Å². The van der Waals surface area contributed by atoms with Crippen LogP contribution in [0.15, 0.2) is 30.3 Å². The van der Waals surface area contributed by atoms with Crippen LogP contribution in [0.25, 0.3) is 22.2 Å². The van der Waals surface area contributed by atoms with E-state index < -0.39 is 5.82 Å². The van der Waals surface area contributed by atoms with Crippen molar-refractivity contribution in [3.8, 4) is 22.8 Å². The summed E-state index contributed by atoms with van der Waals surface area (Å²) in [6, 6.07) is 8.16. The lowest BCUT2D eigenvalue weighted by atomic mass is 10.1. The van der Waals surface area contributed by atoms with Crippen molar-refractivity contribution in [1.82, 2.24) is 14.9 Å². The zero-order chi connectivity index (χ0) is 26.6. The molecule has 1 aliphatic carbocycles. The minimum absolute atomic E-state index is 0.00172. The van der Waals surface area contributed by atoms with E-state index in [9.17, 15) is 9.18 Å². The van der Waals surface area contributed by atoms with Crippen LogP contribution >= 0.6 is 11.6 Å². The zero-order valence-corrected chi connectivity index (χ0v) is 22.2. The molecule has 2 aliphatic rings. The number of morpholine rings is 1. The van der Waals surface area contributed by atoms with Crippen molar-refractivity contribution in [1.29, 1.82) is 0 Å². The van der Waals surface area contributed by atoms with Crippen molar-refractivity contribution in [3.63, 3.8) is 0 Å². The van der Waals surface area contributed by atoms with Crippen LogP contribution in [-0.4, -0.2) is 59.3 Å². The molecular weight excluding hydrogens is 511 g/mol. The molecule has 1 aromatic heterocycles. The number of hydrogen-bond donors (Lipinski definition) is 1. The second kappa shape index (κ2) is 11.7. The fraction of sp³-hybridized carbons (Fsp3) is 0.464. The van der Waals surface area contributed by atoms with E-state index in [-0.39, 0.29) is 29.1 Å². The molecule has 0 radical (unpaired) electrons. The van der Waals surface area contributed by atoms with Crippen LogP contribution in [0, 0.1) is 5.82 Å². The van der Waals surface area contributed by atoms with Gasteiger partial charge in [-0.3, -0.25) is 9.69 Å². The van der Waals surface area contributed by atoms with Gasteiger partial charge in [0.05, 0.1) is 35.5 Å². The highest BCUT2D eigenvalue weighted by atomic mass is 35.5. The fourth-order valence-corrected chi connectivity index (χ4v) is 5.29. The summed E-state index contributed by atoms with van der Waals surface area (Å²) in [7, 11) is 0. The van der Waals surface area contributed by atoms with Crippen molar-refractivity contribution in [2.45, 2.75) is 57.7 Å². The number of carbonyl (C=O) groups is 1. The number of halogens is 2. The van der Waals surface area contributed by atoms with Crippen LogP contribution in [-0.2, 0) is 9.53 Å². The minimum atomic E-state index is -0.506. The van der Waals surface area contributed by atoms with E-state index in [1.54, 1.807) is 6.07 Å². The first-order valence-electron chi connectivity index (χ1n) is 13.1. The molecule has 2 heterocycles. The summed E-state index contributed by atoms with van der Waals surface area (Å²) >= 11 is 6.05. The number of nitrogen functional groups attached to an aromatic ring is 1. The van der Waals surface area contributed by atoms with E-state index in [1.165, 1.54) is 12.1 Å². The summed E-state index contributed by atoms with van der Waals surface area (Å²) in [6.07, 6.45) is 6.01. The molecule has 0 amide bonds. The first-order chi connectivity index (χ1) is 18.4. The number of rotatable bonds is 9. The number of esters is 1. The summed E-state index contributed by atoms with van der Waals surface area (Å²) in [5, 5.41) is 0.707. The van der Waals surface area contributed by atoms with Gasteiger partial charge in [-0.2, -0.15) is 0 Å². The first-order valence-corrected chi connectivity index (χ1v) is 13.5. The molecule has 1 saturated carbocycles. The third-order valence-corrected chi connectivity index (χ3v) is 7.18. The number of unbranched alkanes of at least 4 members (excludes halogenated alkanes) is 1. The standard InChI is InChI=1S/C28H32ClFN4O4/c1-17-15-34(16-26(35)37-17)10-4-5-11-36-24-13-20-23(14-25(24)38-19-6-2-3-7-19)32-28(31)33-27(20)18-8-9-22(30)21(29)12-18/h8-9,12-14,17,19H,2-7,10-11,15-16H2,1H3,(H2,31,32,33)/t17-/m0/s1. The van der Waals surface area contributed by atoms with E-state index >= 15 is 0 Å². The van der Waals surface area contributed by atoms with Crippen molar-refractivity contribution < 1.29 is 23.4 Å². The molecule has 202 valence electrons. The quantitative estimate of drug-likeness (QED) is 0.283.